The molecule has 132 valence electrons. The highest BCUT2D eigenvalue weighted by molar-refractivity contribution is 7.10. The van der Waals surface area contributed by atoms with E-state index in [2.05, 4.69) is 22.4 Å². The number of hydrogen-bond donors (Lipinski definition) is 0. The monoisotopic (exact) mass is 358 g/mol. The average Bonchev–Trinajstić information content (AvgIpc) is 3.35. The van der Waals surface area contributed by atoms with Crippen molar-refractivity contribution in [1.29, 1.82) is 0 Å². The van der Waals surface area contributed by atoms with E-state index in [0.717, 1.165) is 44.3 Å². The molecule has 1 amide bonds. The van der Waals surface area contributed by atoms with Gasteiger partial charge in [0.2, 0.25) is 5.91 Å². The number of benzene rings is 1. The van der Waals surface area contributed by atoms with E-state index in [9.17, 15) is 9.18 Å². The Balaban J connectivity index is 1.46. The van der Waals surface area contributed by atoms with Gasteiger partial charge in [-0.1, -0.05) is 18.2 Å². The van der Waals surface area contributed by atoms with Crippen LogP contribution in [-0.4, -0.2) is 35.3 Å². The number of halogens is 1. The van der Waals surface area contributed by atoms with Gasteiger partial charge in [0.15, 0.2) is 0 Å². The van der Waals surface area contributed by atoms with Crippen molar-refractivity contribution in [3.8, 4) is 0 Å². The molecule has 2 aromatic rings. The summed E-state index contributed by atoms with van der Waals surface area (Å²) in [6.07, 6.45) is 4.18. The summed E-state index contributed by atoms with van der Waals surface area (Å²) in [5.41, 5.74) is 0.988. The van der Waals surface area contributed by atoms with Crippen LogP contribution < -0.4 is 0 Å². The largest absolute Gasteiger partial charge is 0.334 e. The predicted octanol–water partition coefficient (Wildman–Crippen LogP) is 4.39. The number of amides is 1. The molecule has 2 aliphatic heterocycles. The normalized spacial score (nSPS) is 24.1. The number of hydrogen-bond acceptors (Lipinski definition) is 3. The molecule has 25 heavy (non-hydrogen) atoms. The number of carbonyl (C=O) groups is 1. The van der Waals surface area contributed by atoms with Crippen LogP contribution in [0.2, 0.25) is 0 Å². The van der Waals surface area contributed by atoms with E-state index in [0.29, 0.717) is 6.54 Å². The van der Waals surface area contributed by atoms with Crippen LogP contribution in [0.25, 0.3) is 0 Å². The van der Waals surface area contributed by atoms with Gasteiger partial charge in [-0.3, -0.25) is 9.69 Å². The topological polar surface area (TPSA) is 23.6 Å². The summed E-state index contributed by atoms with van der Waals surface area (Å²) in [4.78, 5) is 18.5. The first-order valence-electron chi connectivity index (χ1n) is 9.05. The summed E-state index contributed by atoms with van der Waals surface area (Å²) in [5.74, 6) is 0.00665. The van der Waals surface area contributed by atoms with Gasteiger partial charge in [0, 0.05) is 17.5 Å². The Kier molecular flexibility index (Phi) is 4.86. The quantitative estimate of drug-likeness (QED) is 0.809. The van der Waals surface area contributed by atoms with Gasteiger partial charge < -0.3 is 4.90 Å². The molecule has 5 heteroatoms. The highest BCUT2D eigenvalue weighted by Gasteiger charge is 2.34. The molecule has 2 unspecified atom stereocenters. The number of nitrogens with zero attached hydrogens (tertiary/aromatic N) is 2. The first-order chi connectivity index (χ1) is 12.2. The van der Waals surface area contributed by atoms with Crippen molar-refractivity contribution in [3.63, 3.8) is 0 Å². The third-order valence-corrected chi connectivity index (χ3v) is 6.35. The Labute approximate surface area is 152 Å². The lowest BCUT2D eigenvalue weighted by molar-refractivity contribution is -0.133. The van der Waals surface area contributed by atoms with Crippen molar-refractivity contribution in [2.45, 2.75) is 37.8 Å². The fraction of sp³-hybridized carbons (Fsp3) is 0.450. The van der Waals surface area contributed by atoms with Crippen molar-refractivity contribution < 1.29 is 9.18 Å². The van der Waals surface area contributed by atoms with Crippen molar-refractivity contribution in [3.05, 3.63) is 58.0 Å². The van der Waals surface area contributed by atoms with Crippen LogP contribution in [0.3, 0.4) is 0 Å². The third-order valence-electron chi connectivity index (χ3n) is 5.38. The molecular weight excluding hydrogens is 335 g/mol. The Morgan fingerprint density at radius 2 is 1.96 bits per heavy atom. The van der Waals surface area contributed by atoms with Crippen LogP contribution >= 0.6 is 11.3 Å². The maximum Gasteiger partial charge on any atom is 0.237 e. The first-order valence-corrected chi connectivity index (χ1v) is 9.93. The zero-order valence-electron chi connectivity index (χ0n) is 14.2. The molecule has 2 aliphatic rings. The molecule has 1 aromatic carbocycles. The van der Waals surface area contributed by atoms with Crippen LogP contribution in [0.1, 0.15) is 48.2 Å². The van der Waals surface area contributed by atoms with E-state index in [1.54, 1.807) is 23.5 Å². The lowest BCUT2D eigenvalue weighted by atomic mass is 10.0. The molecule has 0 saturated carbocycles. The highest BCUT2D eigenvalue weighted by Crippen LogP contribution is 2.36. The van der Waals surface area contributed by atoms with E-state index in [1.807, 2.05) is 11.0 Å². The fourth-order valence-corrected chi connectivity index (χ4v) is 5.09. The molecule has 0 radical (unpaired) electrons. The van der Waals surface area contributed by atoms with Crippen molar-refractivity contribution >= 4 is 17.2 Å². The molecule has 1 aromatic heterocycles. The van der Waals surface area contributed by atoms with Crippen LogP contribution in [0, 0.1) is 5.82 Å². The minimum atomic E-state index is -0.201. The molecule has 0 spiro atoms. The summed E-state index contributed by atoms with van der Waals surface area (Å²) in [6, 6.07) is 11.4. The SMILES string of the molecule is O=C(CN1CCCC1c1cccc(F)c1)N1CCCC1c1cccs1. The summed E-state index contributed by atoms with van der Waals surface area (Å²) in [5, 5.41) is 2.08. The van der Waals surface area contributed by atoms with Crippen molar-refractivity contribution in [2.24, 2.45) is 0 Å². The van der Waals surface area contributed by atoms with Crippen LogP contribution in [-0.2, 0) is 4.79 Å². The van der Waals surface area contributed by atoms with Gasteiger partial charge in [0.1, 0.15) is 5.82 Å². The first kappa shape index (κ1) is 16.7. The number of carbonyl (C=O) groups excluding carboxylic acids is 1. The number of likely N-dealkylation sites (tertiary alicyclic amines) is 2. The van der Waals surface area contributed by atoms with E-state index in [-0.39, 0.29) is 23.8 Å². The zero-order valence-corrected chi connectivity index (χ0v) is 15.1. The minimum absolute atomic E-state index is 0.155. The molecule has 0 bridgehead atoms. The predicted molar refractivity (Wildman–Crippen MR) is 98.0 cm³/mol. The standard InChI is InChI=1S/C20H23FN2OS/c21-16-6-1-5-15(13-16)17-7-2-10-22(17)14-20(24)23-11-3-8-18(23)19-9-4-12-25-19/h1,4-6,9,12-13,17-18H,2-3,7-8,10-11,14H2. The van der Waals surface area contributed by atoms with Gasteiger partial charge in [-0.05, 0) is 61.4 Å². The average molecular weight is 358 g/mol. The van der Waals surface area contributed by atoms with E-state index >= 15 is 0 Å². The van der Waals surface area contributed by atoms with Gasteiger partial charge >= 0.3 is 0 Å². The molecule has 3 nitrogen and oxygen atoms in total. The molecule has 2 atom stereocenters. The minimum Gasteiger partial charge on any atom is -0.334 e. The second kappa shape index (κ2) is 7.26. The van der Waals surface area contributed by atoms with Crippen molar-refractivity contribution in [1.82, 2.24) is 9.80 Å². The van der Waals surface area contributed by atoms with Crippen LogP contribution in [0.4, 0.5) is 4.39 Å². The molecule has 0 N–H and O–H groups in total. The van der Waals surface area contributed by atoms with Gasteiger partial charge in [0.05, 0.1) is 12.6 Å². The molecule has 2 fully saturated rings. The fourth-order valence-electron chi connectivity index (χ4n) is 4.21. The second-order valence-corrected chi connectivity index (χ2v) is 7.92. The lowest BCUT2D eigenvalue weighted by Gasteiger charge is -2.29. The second-order valence-electron chi connectivity index (χ2n) is 6.94. The van der Waals surface area contributed by atoms with Crippen LogP contribution in [0.5, 0.6) is 0 Å². The Hall–Kier alpha value is -1.72. The summed E-state index contributed by atoms with van der Waals surface area (Å²) in [6.45, 7) is 2.19. The van der Waals surface area contributed by atoms with E-state index in [1.165, 1.54) is 10.9 Å². The zero-order chi connectivity index (χ0) is 17.2. The van der Waals surface area contributed by atoms with Crippen LogP contribution in [0.15, 0.2) is 41.8 Å². The van der Waals surface area contributed by atoms with Gasteiger partial charge in [-0.25, -0.2) is 4.39 Å². The Bertz CT molecular complexity index is 733. The maximum atomic E-state index is 13.6. The summed E-state index contributed by atoms with van der Waals surface area (Å²) < 4.78 is 13.6. The number of thiophene rings is 1. The summed E-state index contributed by atoms with van der Waals surface area (Å²) in [7, 11) is 0. The van der Waals surface area contributed by atoms with Crippen molar-refractivity contribution in [2.75, 3.05) is 19.6 Å². The third kappa shape index (κ3) is 3.48. The van der Waals surface area contributed by atoms with Gasteiger partial charge in [0.25, 0.3) is 0 Å². The maximum absolute atomic E-state index is 13.6. The smallest absolute Gasteiger partial charge is 0.237 e. The Morgan fingerprint density at radius 1 is 1.12 bits per heavy atom. The number of rotatable bonds is 4. The molecule has 3 heterocycles. The van der Waals surface area contributed by atoms with E-state index in [4.69, 9.17) is 0 Å². The van der Waals surface area contributed by atoms with Gasteiger partial charge in [-0.2, -0.15) is 0 Å². The highest BCUT2D eigenvalue weighted by atomic mass is 32.1. The molecule has 2 saturated heterocycles. The van der Waals surface area contributed by atoms with E-state index < -0.39 is 0 Å². The van der Waals surface area contributed by atoms with Gasteiger partial charge in [-0.15, -0.1) is 11.3 Å². The molecule has 0 aliphatic carbocycles. The molecule has 4 rings (SSSR count). The lowest BCUT2D eigenvalue weighted by Crippen LogP contribution is -2.39. The molecular formula is C20H23FN2OS. The summed E-state index contributed by atoms with van der Waals surface area (Å²) >= 11 is 1.73. The Morgan fingerprint density at radius 3 is 2.76 bits per heavy atom.